The summed E-state index contributed by atoms with van der Waals surface area (Å²) in [6.45, 7) is 7.07. The van der Waals surface area contributed by atoms with Crippen LogP contribution in [0.1, 0.15) is 39.7 Å². The molecule has 1 aliphatic rings. The molecule has 0 bridgehead atoms. The van der Waals surface area contributed by atoms with E-state index in [1.807, 2.05) is 0 Å². The van der Waals surface area contributed by atoms with E-state index in [0.717, 1.165) is 5.01 Å². The number of methoxy groups -OCH3 is 1. The summed E-state index contributed by atoms with van der Waals surface area (Å²) >= 11 is 0. The predicted octanol–water partition coefficient (Wildman–Crippen LogP) is 2.86. The minimum atomic E-state index is -1.54. The van der Waals surface area contributed by atoms with Crippen molar-refractivity contribution in [3.63, 3.8) is 0 Å². The summed E-state index contributed by atoms with van der Waals surface area (Å²) in [5, 5.41) is 16.1. The number of aliphatic hydroxyl groups is 1. The van der Waals surface area contributed by atoms with Crippen LogP contribution in [0.2, 0.25) is 0 Å². The van der Waals surface area contributed by atoms with E-state index in [1.165, 1.54) is 0 Å². The Hall–Kier alpha value is -2.08. The number of ether oxygens (including phenoxy) is 2. The van der Waals surface area contributed by atoms with Crippen molar-refractivity contribution in [2.45, 2.75) is 45.4 Å². The standard InChI is InChI=1S/C16H22N2O4/c1-11-10-16(20,12-6-8-13(21-5)9-7-12)18(17-11)14(19)22-15(2,3)4/h6-9,20H,10H2,1-5H3/t16-/m1/s1. The monoisotopic (exact) mass is 306 g/mol. The van der Waals surface area contributed by atoms with Crippen molar-refractivity contribution in [2.24, 2.45) is 5.10 Å². The van der Waals surface area contributed by atoms with E-state index in [0.29, 0.717) is 17.0 Å². The highest BCUT2D eigenvalue weighted by Gasteiger charge is 2.46. The van der Waals surface area contributed by atoms with E-state index in [4.69, 9.17) is 9.47 Å². The van der Waals surface area contributed by atoms with Gasteiger partial charge in [-0.15, -0.1) is 0 Å². The first kappa shape index (κ1) is 16.3. The van der Waals surface area contributed by atoms with Gasteiger partial charge in [-0.05, 0) is 39.8 Å². The second-order valence-electron chi connectivity index (χ2n) is 6.35. The molecule has 1 N–H and O–H groups in total. The van der Waals surface area contributed by atoms with Crippen molar-refractivity contribution in [3.8, 4) is 5.75 Å². The zero-order valence-corrected chi connectivity index (χ0v) is 13.6. The van der Waals surface area contributed by atoms with E-state index >= 15 is 0 Å². The third-order valence-electron chi connectivity index (χ3n) is 3.24. The van der Waals surface area contributed by atoms with Gasteiger partial charge in [0.05, 0.1) is 7.11 Å². The summed E-state index contributed by atoms with van der Waals surface area (Å²) in [5.41, 5.74) is -0.994. The first-order valence-corrected chi connectivity index (χ1v) is 7.10. The molecule has 120 valence electrons. The lowest BCUT2D eigenvalue weighted by Gasteiger charge is -2.32. The number of nitrogens with zero attached hydrogens (tertiary/aromatic N) is 2. The molecule has 1 amide bonds. The minimum absolute atomic E-state index is 0.235. The first-order chi connectivity index (χ1) is 10.2. The smallest absolute Gasteiger partial charge is 0.433 e. The second kappa shape index (κ2) is 5.61. The molecule has 6 heteroatoms. The predicted molar refractivity (Wildman–Crippen MR) is 82.7 cm³/mol. The van der Waals surface area contributed by atoms with Gasteiger partial charge in [-0.2, -0.15) is 10.1 Å². The van der Waals surface area contributed by atoms with Crippen LogP contribution in [-0.4, -0.2) is 34.6 Å². The molecule has 0 aliphatic carbocycles. The maximum Gasteiger partial charge on any atom is 0.433 e. The van der Waals surface area contributed by atoms with Crippen molar-refractivity contribution in [2.75, 3.05) is 7.11 Å². The summed E-state index contributed by atoms with van der Waals surface area (Å²) in [4.78, 5) is 12.3. The van der Waals surface area contributed by atoms with Crippen molar-refractivity contribution in [1.82, 2.24) is 5.01 Å². The molecule has 0 radical (unpaired) electrons. The van der Waals surface area contributed by atoms with Gasteiger partial charge in [0.25, 0.3) is 0 Å². The lowest BCUT2D eigenvalue weighted by Crippen LogP contribution is -2.45. The summed E-state index contributed by atoms with van der Waals surface area (Å²) in [7, 11) is 1.57. The van der Waals surface area contributed by atoms with Crippen molar-refractivity contribution in [3.05, 3.63) is 29.8 Å². The number of hydrogen-bond donors (Lipinski definition) is 1. The Bertz CT molecular complexity index is 589. The average molecular weight is 306 g/mol. The van der Waals surface area contributed by atoms with Gasteiger partial charge in [-0.3, -0.25) is 0 Å². The minimum Gasteiger partial charge on any atom is -0.497 e. The highest BCUT2D eigenvalue weighted by atomic mass is 16.6. The zero-order valence-electron chi connectivity index (χ0n) is 13.6. The van der Waals surface area contributed by atoms with Gasteiger partial charge in [-0.1, -0.05) is 12.1 Å². The van der Waals surface area contributed by atoms with Crippen LogP contribution in [0.5, 0.6) is 5.75 Å². The summed E-state index contributed by atoms with van der Waals surface area (Å²) in [6.07, 6.45) is -0.443. The zero-order chi connectivity index (χ0) is 16.5. The molecule has 0 unspecified atom stereocenters. The van der Waals surface area contributed by atoms with E-state index in [-0.39, 0.29) is 6.42 Å². The highest BCUT2D eigenvalue weighted by molar-refractivity contribution is 5.87. The fraction of sp³-hybridized carbons (Fsp3) is 0.500. The first-order valence-electron chi connectivity index (χ1n) is 7.10. The summed E-state index contributed by atoms with van der Waals surface area (Å²) in [5.74, 6) is 0.673. The van der Waals surface area contributed by atoms with Crippen molar-refractivity contribution < 1.29 is 19.4 Å². The van der Waals surface area contributed by atoms with Crippen molar-refractivity contribution >= 4 is 11.8 Å². The lowest BCUT2D eigenvalue weighted by atomic mass is 9.98. The SMILES string of the molecule is COc1ccc([C@]2(O)CC(C)=NN2C(=O)OC(C)(C)C)cc1. The maximum absolute atomic E-state index is 12.3. The van der Waals surface area contributed by atoms with Gasteiger partial charge in [0.1, 0.15) is 11.4 Å². The number of benzene rings is 1. The Morgan fingerprint density at radius 2 is 1.91 bits per heavy atom. The highest BCUT2D eigenvalue weighted by Crippen LogP contribution is 2.36. The molecule has 0 spiro atoms. The number of carbonyl (C=O) groups is 1. The van der Waals surface area contributed by atoms with Crippen LogP contribution in [-0.2, 0) is 10.5 Å². The molecule has 1 heterocycles. The Morgan fingerprint density at radius 1 is 1.32 bits per heavy atom. The molecule has 0 fully saturated rings. The van der Waals surface area contributed by atoms with E-state index in [1.54, 1.807) is 59.1 Å². The largest absolute Gasteiger partial charge is 0.497 e. The molecule has 2 rings (SSSR count). The molecule has 1 aromatic rings. The Balaban J connectivity index is 2.32. The number of hydrazone groups is 1. The van der Waals surface area contributed by atoms with Gasteiger partial charge >= 0.3 is 6.09 Å². The molecule has 0 aromatic heterocycles. The van der Waals surface area contributed by atoms with Crippen LogP contribution in [0.4, 0.5) is 4.79 Å². The van der Waals surface area contributed by atoms with Crippen LogP contribution >= 0.6 is 0 Å². The van der Waals surface area contributed by atoms with Crippen molar-refractivity contribution in [1.29, 1.82) is 0 Å². The van der Waals surface area contributed by atoms with E-state index in [9.17, 15) is 9.90 Å². The summed E-state index contributed by atoms with van der Waals surface area (Å²) < 4.78 is 10.4. The Morgan fingerprint density at radius 3 is 2.41 bits per heavy atom. The van der Waals surface area contributed by atoms with E-state index < -0.39 is 17.4 Å². The number of carbonyl (C=O) groups excluding carboxylic acids is 1. The van der Waals surface area contributed by atoms with Gasteiger partial charge in [0, 0.05) is 17.7 Å². The number of hydrogen-bond acceptors (Lipinski definition) is 5. The molecule has 22 heavy (non-hydrogen) atoms. The molecule has 6 nitrogen and oxygen atoms in total. The molecular formula is C16H22N2O4. The third-order valence-corrected chi connectivity index (χ3v) is 3.24. The van der Waals surface area contributed by atoms with E-state index in [2.05, 4.69) is 5.10 Å². The van der Waals surface area contributed by atoms with Crippen LogP contribution in [0.15, 0.2) is 29.4 Å². The molecule has 1 atom stereocenters. The fourth-order valence-corrected chi connectivity index (χ4v) is 2.30. The van der Waals surface area contributed by atoms with Gasteiger partial charge < -0.3 is 14.6 Å². The normalized spacial score (nSPS) is 21.5. The Kier molecular flexibility index (Phi) is 4.15. The lowest BCUT2D eigenvalue weighted by molar-refractivity contribution is -0.0975. The molecule has 0 saturated heterocycles. The van der Waals surface area contributed by atoms with Crippen LogP contribution in [0.25, 0.3) is 0 Å². The third kappa shape index (κ3) is 3.22. The average Bonchev–Trinajstić information content (AvgIpc) is 2.73. The molecule has 1 aliphatic heterocycles. The number of rotatable bonds is 2. The molecular weight excluding hydrogens is 284 g/mol. The fourth-order valence-electron chi connectivity index (χ4n) is 2.30. The van der Waals surface area contributed by atoms with Crippen LogP contribution in [0, 0.1) is 0 Å². The van der Waals surface area contributed by atoms with Gasteiger partial charge in [-0.25, -0.2) is 4.79 Å². The molecule has 0 saturated carbocycles. The van der Waals surface area contributed by atoms with Crippen LogP contribution in [0.3, 0.4) is 0 Å². The van der Waals surface area contributed by atoms with Crippen LogP contribution < -0.4 is 4.74 Å². The Labute approximate surface area is 130 Å². The molecule has 1 aromatic carbocycles. The topological polar surface area (TPSA) is 71.4 Å². The quantitative estimate of drug-likeness (QED) is 0.912. The maximum atomic E-state index is 12.3. The number of amides is 1. The second-order valence-corrected chi connectivity index (χ2v) is 6.35. The van der Waals surface area contributed by atoms with Gasteiger partial charge in [0.15, 0.2) is 5.72 Å². The summed E-state index contributed by atoms with van der Waals surface area (Å²) in [6, 6.07) is 6.89. The van der Waals surface area contributed by atoms with Gasteiger partial charge in [0.2, 0.25) is 0 Å².